The minimum Gasteiger partial charge on any atom is -0.381 e. The average molecular weight is 503 g/mol. The quantitative estimate of drug-likeness (QED) is 0.566. The van der Waals surface area contributed by atoms with E-state index in [-0.39, 0.29) is 11.8 Å². The Labute approximate surface area is 214 Å². The Balaban J connectivity index is 1.09. The van der Waals surface area contributed by atoms with Crippen LogP contribution in [0.3, 0.4) is 0 Å². The van der Waals surface area contributed by atoms with Gasteiger partial charge in [-0.25, -0.2) is 4.39 Å². The zero-order valence-corrected chi connectivity index (χ0v) is 21.7. The van der Waals surface area contributed by atoms with E-state index in [1.807, 2.05) is 0 Å². The maximum absolute atomic E-state index is 14.2. The number of ether oxygens (including phenoxy) is 1. The molecule has 5 fully saturated rings. The summed E-state index contributed by atoms with van der Waals surface area (Å²) in [6.45, 7) is 4.05. The van der Waals surface area contributed by atoms with Gasteiger partial charge in [-0.1, -0.05) is 37.3 Å². The van der Waals surface area contributed by atoms with Gasteiger partial charge in [-0.05, 0) is 64.3 Å². The van der Waals surface area contributed by atoms with Crippen molar-refractivity contribution >= 4 is 5.91 Å². The van der Waals surface area contributed by atoms with Gasteiger partial charge < -0.3 is 14.2 Å². The fourth-order valence-electron chi connectivity index (χ4n) is 7.31. The van der Waals surface area contributed by atoms with Crippen molar-refractivity contribution in [2.24, 2.45) is 5.92 Å². The molecule has 1 aromatic rings. The van der Waals surface area contributed by atoms with Crippen LogP contribution in [-0.4, -0.2) is 76.4 Å². The first-order chi connectivity index (χ1) is 17.6. The van der Waals surface area contributed by atoms with Crippen LogP contribution >= 0.6 is 0 Å². The largest absolute Gasteiger partial charge is 0.381 e. The lowest BCUT2D eigenvalue weighted by molar-refractivity contribution is -0.139. The van der Waals surface area contributed by atoms with E-state index in [0.717, 1.165) is 63.6 Å². The van der Waals surface area contributed by atoms with Gasteiger partial charge in [-0.15, -0.1) is 0 Å². The van der Waals surface area contributed by atoms with Crippen LogP contribution in [0.4, 0.5) is 4.39 Å². The second kappa shape index (κ2) is 10.7. The summed E-state index contributed by atoms with van der Waals surface area (Å²) < 4.78 is 25.9. The molecule has 1 amide bonds. The molecule has 7 nitrogen and oxygen atoms in total. The van der Waals surface area contributed by atoms with Crippen molar-refractivity contribution in [2.75, 3.05) is 32.8 Å². The molecule has 3 saturated heterocycles. The van der Waals surface area contributed by atoms with Gasteiger partial charge >= 0.3 is 0 Å². The van der Waals surface area contributed by atoms with Crippen molar-refractivity contribution in [2.45, 2.75) is 119 Å². The monoisotopic (exact) mass is 502 g/mol. The number of hydrogen-bond acceptors (Lipinski definition) is 6. The van der Waals surface area contributed by atoms with Gasteiger partial charge in [0, 0.05) is 49.5 Å². The van der Waals surface area contributed by atoms with E-state index < -0.39 is 5.67 Å². The molecule has 6 rings (SSSR count). The van der Waals surface area contributed by atoms with Crippen molar-refractivity contribution in [1.29, 1.82) is 0 Å². The average Bonchev–Trinajstić information content (AvgIpc) is 3.29. The number of likely N-dealkylation sites (tertiary alicyclic amines) is 2. The first-order valence-electron chi connectivity index (χ1n) is 14.8. The van der Waals surface area contributed by atoms with E-state index >= 15 is 0 Å². The van der Waals surface area contributed by atoms with Crippen molar-refractivity contribution in [3.63, 3.8) is 0 Å². The summed E-state index contributed by atoms with van der Waals surface area (Å²) in [5.74, 6) is 2.37. The molecule has 3 unspecified atom stereocenters. The third-order valence-corrected chi connectivity index (χ3v) is 9.77. The van der Waals surface area contributed by atoms with E-state index in [1.165, 1.54) is 44.9 Å². The number of rotatable bonds is 5. The summed E-state index contributed by atoms with van der Waals surface area (Å²) in [7, 11) is 0. The first-order valence-corrected chi connectivity index (χ1v) is 14.8. The Morgan fingerprint density at radius 3 is 2.33 bits per heavy atom. The SMILES string of the molecule is O=C(N1CCC(c2noc(C3CCN(C4CCCCCCC4)C(C4CCOC4)C3)n2)CC1)C1(F)CC1. The number of carbonyl (C=O) groups is 1. The lowest BCUT2D eigenvalue weighted by Gasteiger charge is -2.46. The third-order valence-electron chi connectivity index (χ3n) is 9.77. The third kappa shape index (κ3) is 5.22. The fraction of sp³-hybridized carbons (Fsp3) is 0.893. The fourth-order valence-corrected chi connectivity index (χ4v) is 7.31. The lowest BCUT2D eigenvalue weighted by Crippen LogP contribution is -2.51. The Bertz CT molecular complexity index is 883. The molecule has 200 valence electrons. The molecule has 3 aliphatic heterocycles. The highest BCUT2D eigenvalue weighted by Gasteiger charge is 2.53. The predicted molar refractivity (Wildman–Crippen MR) is 133 cm³/mol. The molecule has 8 heteroatoms. The van der Waals surface area contributed by atoms with Gasteiger partial charge in [-0.2, -0.15) is 4.98 Å². The van der Waals surface area contributed by atoms with Gasteiger partial charge in [0.15, 0.2) is 11.5 Å². The predicted octanol–water partition coefficient (Wildman–Crippen LogP) is 4.98. The van der Waals surface area contributed by atoms with Gasteiger partial charge in [0.2, 0.25) is 5.89 Å². The maximum Gasteiger partial charge on any atom is 0.260 e. The van der Waals surface area contributed by atoms with Crippen LogP contribution in [0.15, 0.2) is 4.52 Å². The number of hydrogen-bond donors (Lipinski definition) is 0. The van der Waals surface area contributed by atoms with Crippen molar-refractivity contribution in [3.8, 4) is 0 Å². The van der Waals surface area contributed by atoms with E-state index in [2.05, 4.69) is 10.1 Å². The Morgan fingerprint density at radius 2 is 1.64 bits per heavy atom. The smallest absolute Gasteiger partial charge is 0.260 e. The van der Waals surface area contributed by atoms with Gasteiger partial charge in [0.25, 0.3) is 5.91 Å². The van der Waals surface area contributed by atoms with Gasteiger partial charge in [-0.3, -0.25) is 9.69 Å². The molecular weight excluding hydrogens is 459 g/mol. The number of piperidine rings is 2. The number of halogens is 1. The topological polar surface area (TPSA) is 71.7 Å². The number of aromatic nitrogens is 2. The van der Waals surface area contributed by atoms with E-state index in [1.54, 1.807) is 4.90 Å². The Morgan fingerprint density at radius 1 is 0.917 bits per heavy atom. The Kier molecular flexibility index (Phi) is 7.35. The highest BCUT2D eigenvalue weighted by atomic mass is 19.1. The molecule has 0 bridgehead atoms. The number of carbonyl (C=O) groups excluding carboxylic acids is 1. The molecule has 2 aliphatic carbocycles. The minimum atomic E-state index is -1.57. The zero-order chi connectivity index (χ0) is 24.5. The summed E-state index contributed by atoms with van der Waals surface area (Å²) in [4.78, 5) is 21.8. The molecule has 36 heavy (non-hydrogen) atoms. The van der Waals surface area contributed by atoms with Crippen LogP contribution in [0.2, 0.25) is 0 Å². The standard InChI is InChI=1S/C28H43FN4O3/c29-28(12-13-28)27(34)32-14-8-20(9-15-32)25-30-26(36-31-25)21-10-16-33(23-6-4-2-1-3-5-7-23)24(18-21)22-11-17-35-19-22/h20-24H,1-19H2. The Hall–Kier alpha value is -1.54. The molecule has 5 aliphatic rings. The number of nitrogens with zero attached hydrogens (tertiary/aromatic N) is 4. The minimum absolute atomic E-state index is 0.190. The second-order valence-electron chi connectivity index (χ2n) is 12.2. The normalized spacial score (nSPS) is 32.8. The second-order valence-corrected chi connectivity index (χ2v) is 12.2. The first kappa shape index (κ1) is 24.8. The lowest BCUT2D eigenvalue weighted by atomic mass is 9.81. The number of alkyl halides is 1. The van der Waals surface area contributed by atoms with E-state index in [4.69, 9.17) is 14.2 Å². The zero-order valence-electron chi connectivity index (χ0n) is 21.7. The summed E-state index contributed by atoms with van der Waals surface area (Å²) >= 11 is 0. The van der Waals surface area contributed by atoms with Crippen LogP contribution < -0.4 is 0 Å². The summed E-state index contributed by atoms with van der Waals surface area (Å²) in [5.41, 5.74) is -1.57. The molecule has 4 heterocycles. The van der Waals surface area contributed by atoms with Crippen LogP contribution in [0.1, 0.15) is 113 Å². The molecular formula is C28H43FN4O3. The molecule has 2 saturated carbocycles. The molecule has 0 aromatic carbocycles. The molecule has 3 atom stereocenters. The van der Waals surface area contributed by atoms with Crippen LogP contribution in [0.5, 0.6) is 0 Å². The van der Waals surface area contributed by atoms with Gasteiger partial charge in [0.1, 0.15) is 0 Å². The summed E-state index contributed by atoms with van der Waals surface area (Å²) in [6.07, 6.45) is 15.2. The van der Waals surface area contributed by atoms with Crippen LogP contribution in [0, 0.1) is 5.92 Å². The summed E-state index contributed by atoms with van der Waals surface area (Å²) in [6, 6.07) is 1.25. The van der Waals surface area contributed by atoms with Gasteiger partial charge in [0.05, 0.1) is 6.61 Å². The molecule has 0 N–H and O–H groups in total. The van der Waals surface area contributed by atoms with Crippen LogP contribution in [-0.2, 0) is 9.53 Å². The van der Waals surface area contributed by atoms with Crippen molar-refractivity contribution in [3.05, 3.63) is 11.7 Å². The van der Waals surface area contributed by atoms with Crippen LogP contribution in [0.25, 0.3) is 0 Å². The van der Waals surface area contributed by atoms with Crippen molar-refractivity contribution in [1.82, 2.24) is 19.9 Å². The molecule has 0 spiro atoms. The van der Waals surface area contributed by atoms with Crippen molar-refractivity contribution < 1.29 is 18.4 Å². The van der Waals surface area contributed by atoms with E-state index in [0.29, 0.717) is 49.9 Å². The highest BCUT2D eigenvalue weighted by Crippen LogP contribution is 2.43. The molecule has 0 radical (unpaired) electrons. The van der Waals surface area contributed by atoms with E-state index in [9.17, 15) is 9.18 Å². The molecule has 1 aromatic heterocycles. The number of amides is 1. The highest BCUT2D eigenvalue weighted by molar-refractivity contribution is 5.88. The summed E-state index contributed by atoms with van der Waals surface area (Å²) in [5, 5.41) is 4.40. The maximum atomic E-state index is 14.2.